The summed E-state index contributed by atoms with van der Waals surface area (Å²) in [6.45, 7) is 7.53. The zero-order valence-corrected chi connectivity index (χ0v) is 14.4. The molecular weight excluding hydrogens is 305 g/mol. The maximum absolute atomic E-state index is 13.2. The van der Waals surface area contributed by atoms with Crippen molar-refractivity contribution in [1.82, 2.24) is 15.1 Å². The molecule has 5 heteroatoms. The molecular formula is C19H26FN3O. The highest BCUT2D eigenvalue weighted by Gasteiger charge is 2.22. The van der Waals surface area contributed by atoms with Gasteiger partial charge in [-0.25, -0.2) is 4.39 Å². The summed E-state index contributed by atoms with van der Waals surface area (Å²) in [5, 5.41) is 3.59. The van der Waals surface area contributed by atoms with E-state index < -0.39 is 0 Å². The van der Waals surface area contributed by atoms with E-state index in [-0.39, 0.29) is 11.9 Å². The van der Waals surface area contributed by atoms with Crippen LogP contribution in [0.2, 0.25) is 0 Å². The Kier molecular flexibility index (Phi) is 5.66. The van der Waals surface area contributed by atoms with Crippen LogP contribution in [0.1, 0.15) is 24.3 Å². The molecule has 24 heavy (non-hydrogen) atoms. The fourth-order valence-corrected chi connectivity index (χ4v) is 3.17. The van der Waals surface area contributed by atoms with Gasteiger partial charge in [0.25, 0.3) is 0 Å². The Morgan fingerprint density at radius 2 is 1.83 bits per heavy atom. The van der Waals surface area contributed by atoms with Crippen molar-refractivity contribution >= 4 is 0 Å². The topological polar surface area (TPSA) is 31.7 Å². The first-order valence-corrected chi connectivity index (χ1v) is 8.58. The first kappa shape index (κ1) is 17.1. The lowest BCUT2D eigenvalue weighted by atomic mass is 10.0. The van der Waals surface area contributed by atoms with Gasteiger partial charge in [0, 0.05) is 38.8 Å². The van der Waals surface area contributed by atoms with Crippen molar-refractivity contribution < 1.29 is 8.81 Å². The molecule has 0 saturated carbocycles. The molecule has 1 aliphatic rings. The van der Waals surface area contributed by atoms with Gasteiger partial charge >= 0.3 is 0 Å². The Morgan fingerprint density at radius 3 is 2.46 bits per heavy atom. The minimum atomic E-state index is -0.220. The molecule has 0 aliphatic carbocycles. The van der Waals surface area contributed by atoms with Gasteiger partial charge in [-0.3, -0.25) is 4.90 Å². The molecule has 4 nitrogen and oxygen atoms in total. The Balaban J connectivity index is 1.65. The van der Waals surface area contributed by atoms with Gasteiger partial charge in [0.05, 0.1) is 12.3 Å². The second-order valence-corrected chi connectivity index (χ2v) is 6.60. The predicted molar refractivity (Wildman–Crippen MR) is 93.5 cm³/mol. The molecule has 1 fully saturated rings. The first-order chi connectivity index (χ1) is 11.6. The predicted octanol–water partition coefficient (Wildman–Crippen LogP) is 2.73. The monoisotopic (exact) mass is 331 g/mol. The van der Waals surface area contributed by atoms with Gasteiger partial charge in [0.1, 0.15) is 11.6 Å². The molecule has 130 valence electrons. The number of likely N-dealkylation sites (N-methyl/N-ethyl adjacent to an activating group) is 1. The molecule has 1 aromatic heterocycles. The van der Waals surface area contributed by atoms with Crippen molar-refractivity contribution in [2.24, 2.45) is 0 Å². The fraction of sp³-hybridized carbons (Fsp3) is 0.474. The van der Waals surface area contributed by atoms with Crippen molar-refractivity contribution in [2.45, 2.75) is 19.0 Å². The quantitative estimate of drug-likeness (QED) is 0.882. The molecule has 2 heterocycles. The molecule has 3 rings (SSSR count). The molecule has 1 aromatic carbocycles. The van der Waals surface area contributed by atoms with E-state index in [1.54, 1.807) is 6.26 Å². The summed E-state index contributed by atoms with van der Waals surface area (Å²) in [6, 6.07) is 10.9. The minimum Gasteiger partial charge on any atom is -0.467 e. The summed E-state index contributed by atoms with van der Waals surface area (Å²) < 4.78 is 18.8. The van der Waals surface area contributed by atoms with E-state index in [4.69, 9.17) is 4.42 Å². The van der Waals surface area contributed by atoms with Crippen LogP contribution < -0.4 is 5.32 Å². The average molecular weight is 331 g/mol. The highest BCUT2D eigenvalue weighted by Crippen LogP contribution is 2.23. The smallest absolute Gasteiger partial charge is 0.125 e. The van der Waals surface area contributed by atoms with Crippen LogP contribution in [0, 0.1) is 5.82 Å². The number of furan rings is 1. The summed E-state index contributed by atoms with van der Waals surface area (Å²) in [4.78, 5) is 4.87. The van der Waals surface area contributed by atoms with E-state index in [1.807, 2.05) is 24.3 Å². The third-order valence-electron chi connectivity index (χ3n) is 4.81. The van der Waals surface area contributed by atoms with Crippen molar-refractivity contribution in [3.63, 3.8) is 0 Å². The molecule has 0 spiro atoms. The van der Waals surface area contributed by atoms with Crippen LogP contribution in [0.5, 0.6) is 0 Å². The van der Waals surface area contributed by atoms with Gasteiger partial charge in [-0.05, 0) is 43.8 Å². The minimum absolute atomic E-state index is 0.0597. The number of halogens is 1. The normalized spacial score (nSPS) is 19.3. The zero-order valence-electron chi connectivity index (χ0n) is 14.4. The number of benzene rings is 1. The molecule has 0 radical (unpaired) electrons. The van der Waals surface area contributed by atoms with Crippen molar-refractivity contribution in [3.8, 4) is 0 Å². The Labute approximate surface area is 143 Å². The standard InChI is InChI=1S/C19H26FN3O/c1-15(23-11-9-22(2)10-12-23)14-21-19(18-4-3-13-24-18)16-5-7-17(20)8-6-16/h3-8,13,15,19,21H,9-12,14H2,1-2H3/t15-,19-/m1/s1. The number of nitrogens with one attached hydrogen (secondary N) is 1. The average Bonchev–Trinajstić information content (AvgIpc) is 3.11. The Morgan fingerprint density at radius 1 is 1.12 bits per heavy atom. The largest absolute Gasteiger partial charge is 0.467 e. The molecule has 1 saturated heterocycles. The number of hydrogen-bond donors (Lipinski definition) is 1. The Bertz CT molecular complexity index is 606. The SMILES string of the molecule is C[C@H](CN[C@H](c1ccc(F)cc1)c1ccco1)N1CCN(C)CC1. The van der Waals surface area contributed by atoms with E-state index in [2.05, 4.69) is 29.1 Å². The summed E-state index contributed by atoms with van der Waals surface area (Å²) in [6.07, 6.45) is 1.68. The summed E-state index contributed by atoms with van der Waals surface area (Å²) in [7, 11) is 2.17. The second kappa shape index (κ2) is 7.92. The van der Waals surface area contributed by atoms with Crippen molar-refractivity contribution in [3.05, 3.63) is 59.8 Å². The maximum Gasteiger partial charge on any atom is 0.125 e. The van der Waals surface area contributed by atoms with E-state index in [0.29, 0.717) is 6.04 Å². The number of hydrogen-bond acceptors (Lipinski definition) is 4. The molecule has 2 aromatic rings. The van der Waals surface area contributed by atoms with E-state index >= 15 is 0 Å². The van der Waals surface area contributed by atoms with Gasteiger partial charge < -0.3 is 14.6 Å². The first-order valence-electron chi connectivity index (χ1n) is 8.58. The third kappa shape index (κ3) is 4.23. The number of nitrogens with zero attached hydrogens (tertiary/aromatic N) is 2. The van der Waals surface area contributed by atoms with Gasteiger partial charge in [-0.15, -0.1) is 0 Å². The van der Waals surface area contributed by atoms with Gasteiger partial charge in [-0.2, -0.15) is 0 Å². The molecule has 0 unspecified atom stereocenters. The summed E-state index contributed by atoms with van der Waals surface area (Å²) in [5.41, 5.74) is 1.01. The van der Waals surface area contributed by atoms with Crippen molar-refractivity contribution in [1.29, 1.82) is 0 Å². The molecule has 2 atom stereocenters. The van der Waals surface area contributed by atoms with Crippen LogP contribution >= 0.6 is 0 Å². The highest BCUT2D eigenvalue weighted by atomic mass is 19.1. The van der Waals surface area contributed by atoms with Crippen LogP contribution in [-0.4, -0.2) is 55.6 Å². The summed E-state index contributed by atoms with van der Waals surface area (Å²) in [5.74, 6) is 0.634. The van der Waals surface area contributed by atoms with E-state index in [1.165, 1.54) is 12.1 Å². The van der Waals surface area contributed by atoms with Crippen LogP contribution in [0.25, 0.3) is 0 Å². The van der Waals surface area contributed by atoms with Crippen LogP contribution in [0.3, 0.4) is 0 Å². The molecule has 0 amide bonds. The number of piperazine rings is 1. The molecule has 0 bridgehead atoms. The van der Waals surface area contributed by atoms with E-state index in [9.17, 15) is 4.39 Å². The number of rotatable bonds is 6. The highest BCUT2D eigenvalue weighted by molar-refractivity contribution is 5.27. The lowest BCUT2D eigenvalue weighted by Crippen LogP contribution is -2.51. The van der Waals surface area contributed by atoms with E-state index in [0.717, 1.165) is 44.0 Å². The molecule has 1 N–H and O–H groups in total. The maximum atomic E-state index is 13.2. The Hall–Kier alpha value is -1.69. The lowest BCUT2D eigenvalue weighted by Gasteiger charge is -2.37. The zero-order chi connectivity index (χ0) is 16.9. The molecule has 1 aliphatic heterocycles. The van der Waals surface area contributed by atoms with Crippen LogP contribution in [0.4, 0.5) is 4.39 Å². The van der Waals surface area contributed by atoms with Crippen LogP contribution in [0.15, 0.2) is 47.1 Å². The third-order valence-corrected chi connectivity index (χ3v) is 4.81. The van der Waals surface area contributed by atoms with Gasteiger partial charge in [0.15, 0.2) is 0 Å². The van der Waals surface area contributed by atoms with Crippen molar-refractivity contribution in [2.75, 3.05) is 39.8 Å². The van der Waals surface area contributed by atoms with Gasteiger partial charge in [-0.1, -0.05) is 12.1 Å². The van der Waals surface area contributed by atoms with Gasteiger partial charge in [0.2, 0.25) is 0 Å². The summed E-state index contributed by atoms with van der Waals surface area (Å²) >= 11 is 0. The fourth-order valence-electron chi connectivity index (χ4n) is 3.17. The second-order valence-electron chi connectivity index (χ2n) is 6.60. The lowest BCUT2D eigenvalue weighted by molar-refractivity contribution is 0.116. The van der Waals surface area contributed by atoms with Crippen LogP contribution in [-0.2, 0) is 0 Å².